The first-order valence-corrected chi connectivity index (χ1v) is 7.55. The number of carbonyl (C=O) groups is 2. The molecule has 2 aromatic rings. The van der Waals surface area contributed by atoms with Gasteiger partial charge < -0.3 is 10.1 Å². The van der Waals surface area contributed by atoms with Crippen molar-refractivity contribution >= 4 is 18.2 Å². The summed E-state index contributed by atoms with van der Waals surface area (Å²) in [6, 6.07) is 12.1. The van der Waals surface area contributed by atoms with Crippen molar-refractivity contribution in [2.75, 3.05) is 7.11 Å². The minimum atomic E-state index is -1.25. The zero-order valence-corrected chi connectivity index (χ0v) is 13.7. The second kappa shape index (κ2) is 6.35. The van der Waals surface area contributed by atoms with E-state index in [1.54, 1.807) is 50.4 Å². The summed E-state index contributed by atoms with van der Waals surface area (Å²) in [6.07, 6.45) is 1.15. The summed E-state index contributed by atoms with van der Waals surface area (Å²) in [5.41, 5.74) is -0.480. The number of hydrazone groups is 1. The molecule has 6 nitrogen and oxygen atoms in total. The van der Waals surface area contributed by atoms with Gasteiger partial charge in [0.2, 0.25) is 0 Å². The van der Waals surface area contributed by atoms with Gasteiger partial charge in [-0.25, -0.2) is 9.18 Å². The number of nitrogens with zero attached hydrogens (tertiary/aromatic N) is 2. The summed E-state index contributed by atoms with van der Waals surface area (Å²) in [6.45, 7) is 1.59. The average Bonchev–Trinajstić information content (AvgIpc) is 2.84. The Balaban J connectivity index is 1.87. The summed E-state index contributed by atoms with van der Waals surface area (Å²) in [5.74, 6) is -0.398. The van der Waals surface area contributed by atoms with E-state index < -0.39 is 23.3 Å². The van der Waals surface area contributed by atoms with E-state index in [0.717, 1.165) is 6.21 Å². The highest BCUT2D eigenvalue weighted by Gasteiger charge is 2.49. The van der Waals surface area contributed by atoms with Crippen molar-refractivity contribution in [3.05, 3.63) is 65.5 Å². The molecule has 0 saturated carbocycles. The van der Waals surface area contributed by atoms with E-state index in [4.69, 9.17) is 4.74 Å². The van der Waals surface area contributed by atoms with Crippen molar-refractivity contribution in [2.45, 2.75) is 12.5 Å². The minimum absolute atomic E-state index is 0.182. The van der Waals surface area contributed by atoms with Crippen LogP contribution in [0.2, 0.25) is 0 Å². The molecule has 1 fully saturated rings. The molecule has 0 aliphatic carbocycles. The van der Waals surface area contributed by atoms with Gasteiger partial charge in [0.25, 0.3) is 5.91 Å². The summed E-state index contributed by atoms with van der Waals surface area (Å²) in [5, 5.41) is 7.18. The highest BCUT2D eigenvalue weighted by molar-refractivity contribution is 6.07. The molecule has 2 aromatic carbocycles. The van der Waals surface area contributed by atoms with Gasteiger partial charge in [-0.3, -0.25) is 4.79 Å². The van der Waals surface area contributed by atoms with E-state index in [0.29, 0.717) is 16.3 Å². The highest BCUT2D eigenvalue weighted by atomic mass is 19.1. The third-order valence-corrected chi connectivity index (χ3v) is 4.05. The molecule has 1 aliphatic rings. The number of hydrogen-bond donors (Lipinski definition) is 1. The molecule has 0 spiro atoms. The Bertz CT molecular complexity index is 851. The number of carbonyl (C=O) groups excluding carboxylic acids is 2. The topological polar surface area (TPSA) is 71.0 Å². The number of urea groups is 1. The molecule has 25 heavy (non-hydrogen) atoms. The molecule has 1 atom stereocenters. The zero-order chi connectivity index (χ0) is 18.0. The number of amides is 3. The number of halogens is 1. The van der Waals surface area contributed by atoms with Crippen LogP contribution in [0.25, 0.3) is 0 Å². The normalized spacial score (nSPS) is 20.2. The lowest BCUT2D eigenvalue weighted by molar-refractivity contribution is -0.131. The van der Waals surface area contributed by atoms with E-state index >= 15 is 0 Å². The summed E-state index contributed by atoms with van der Waals surface area (Å²) < 4.78 is 18.7. The van der Waals surface area contributed by atoms with Crippen molar-refractivity contribution in [1.29, 1.82) is 0 Å². The predicted octanol–water partition coefficient (Wildman–Crippen LogP) is 2.64. The molecule has 7 heteroatoms. The van der Waals surface area contributed by atoms with Crippen molar-refractivity contribution in [3.63, 3.8) is 0 Å². The van der Waals surface area contributed by atoms with Crippen molar-refractivity contribution in [1.82, 2.24) is 10.3 Å². The first-order chi connectivity index (χ1) is 12.0. The quantitative estimate of drug-likeness (QED) is 0.686. The van der Waals surface area contributed by atoms with Crippen LogP contribution in [0.5, 0.6) is 5.75 Å². The molecule has 0 radical (unpaired) electrons. The number of ether oxygens (including phenoxy) is 1. The maximum absolute atomic E-state index is 13.6. The molecule has 1 aliphatic heterocycles. The molecular formula is C18H16FN3O3. The van der Waals surface area contributed by atoms with Crippen LogP contribution in [0.4, 0.5) is 9.18 Å². The molecule has 0 unspecified atom stereocenters. The Kier molecular flexibility index (Phi) is 4.22. The number of imide groups is 1. The molecule has 128 valence electrons. The number of nitrogens with one attached hydrogen (secondary N) is 1. The molecule has 0 aromatic heterocycles. The number of methoxy groups -OCH3 is 1. The van der Waals surface area contributed by atoms with Crippen LogP contribution < -0.4 is 10.1 Å². The Morgan fingerprint density at radius 1 is 1.16 bits per heavy atom. The average molecular weight is 341 g/mol. The van der Waals surface area contributed by atoms with E-state index in [-0.39, 0.29) is 5.56 Å². The molecular weight excluding hydrogens is 325 g/mol. The van der Waals surface area contributed by atoms with Gasteiger partial charge >= 0.3 is 6.03 Å². The second-order valence-corrected chi connectivity index (χ2v) is 5.67. The number of benzene rings is 2. The molecule has 3 rings (SSSR count). The van der Waals surface area contributed by atoms with Crippen LogP contribution >= 0.6 is 0 Å². The molecule has 1 saturated heterocycles. The van der Waals surface area contributed by atoms with Crippen LogP contribution in [0.3, 0.4) is 0 Å². The SMILES string of the molecule is COc1ccc([C@@]2(C)NC(=O)N(/N=C\c3ccccc3F)C2=O)cc1. The van der Waals surface area contributed by atoms with Gasteiger partial charge in [0.05, 0.1) is 13.3 Å². The van der Waals surface area contributed by atoms with Crippen molar-refractivity contribution < 1.29 is 18.7 Å². The van der Waals surface area contributed by atoms with Gasteiger partial charge in [-0.1, -0.05) is 30.3 Å². The Morgan fingerprint density at radius 2 is 1.84 bits per heavy atom. The van der Waals surface area contributed by atoms with Gasteiger partial charge in [0, 0.05) is 5.56 Å². The standard InChI is InChI=1S/C18H16FN3O3/c1-18(13-7-9-14(25-2)10-8-13)16(23)22(17(24)21-18)20-11-12-5-3-4-6-15(12)19/h3-11H,1-2H3,(H,21,24)/b20-11-/t18-/m1/s1. The largest absolute Gasteiger partial charge is 0.497 e. The third-order valence-electron chi connectivity index (χ3n) is 4.05. The van der Waals surface area contributed by atoms with Crippen LogP contribution in [-0.2, 0) is 10.3 Å². The Labute approximate surface area is 143 Å². The zero-order valence-electron chi connectivity index (χ0n) is 13.7. The fraction of sp³-hybridized carbons (Fsp3) is 0.167. The highest BCUT2D eigenvalue weighted by Crippen LogP contribution is 2.30. The third kappa shape index (κ3) is 2.96. The van der Waals surface area contributed by atoms with Gasteiger partial charge in [0.1, 0.15) is 17.1 Å². The summed E-state index contributed by atoms with van der Waals surface area (Å²) in [4.78, 5) is 24.9. The fourth-order valence-electron chi connectivity index (χ4n) is 2.55. The lowest BCUT2D eigenvalue weighted by atomic mass is 9.92. The van der Waals surface area contributed by atoms with Crippen LogP contribution in [0.1, 0.15) is 18.1 Å². The molecule has 1 N–H and O–H groups in total. The predicted molar refractivity (Wildman–Crippen MR) is 89.7 cm³/mol. The Hall–Kier alpha value is -3.22. The summed E-state index contributed by atoms with van der Waals surface area (Å²) in [7, 11) is 1.54. The van der Waals surface area contributed by atoms with E-state index in [2.05, 4.69) is 10.4 Å². The molecule has 0 bridgehead atoms. The first kappa shape index (κ1) is 16.6. The minimum Gasteiger partial charge on any atom is -0.497 e. The smallest absolute Gasteiger partial charge is 0.346 e. The second-order valence-electron chi connectivity index (χ2n) is 5.67. The summed E-state index contributed by atoms with van der Waals surface area (Å²) >= 11 is 0. The number of rotatable bonds is 4. The monoisotopic (exact) mass is 341 g/mol. The maximum Gasteiger partial charge on any atom is 0.346 e. The molecule has 3 amide bonds. The van der Waals surface area contributed by atoms with Crippen LogP contribution in [0, 0.1) is 5.82 Å². The van der Waals surface area contributed by atoms with Crippen LogP contribution in [0.15, 0.2) is 53.6 Å². The van der Waals surface area contributed by atoms with E-state index in [9.17, 15) is 14.0 Å². The van der Waals surface area contributed by atoms with Crippen molar-refractivity contribution in [2.24, 2.45) is 5.10 Å². The van der Waals surface area contributed by atoms with Gasteiger partial charge in [-0.15, -0.1) is 5.01 Å². The van der Waals surface area contributed by atoms with E-state index in [1.165, 1.54) is 12.1 Å². The molecule has 1 heterocycles. The van der Waals surface area contributed by atoms with Gasteiger partial charge in [0.15, 0.2) is 0 Å². The Morgan fingerprint density at radius 3 is 2.48 bits per heavy atom. The van der Waals surface area contributed by atoms with Gasteiger partial charge in [-0.05, 0) is 30.7 Å². The van der Waals surface area contributed by atoms with Crippen molar-refractivity contribution in [3.8, 4) is 5.75 Å². The number of hydrogen-bond acceptors (Lipinski definition) is 4. The lowest BCUT2D eigenvalue weighted by Gasteiger charge is -2.21. The van der Waals surface area contributed by atoms with Crippen LogP contribution in [-0.4, -0.2) is 30.3 Å². The fourth-order valence-corrected chi connectivity index (χ4v) is 2.55. The first-order valence-electron chi connectivity index (χ1n) is 7.55. The van der Waals surface area contributed by atoms with Gasteiger partial charge in [-0.2, -0.15) is 5.10 Å². The van der Waals surface area contributed by atoms with E-state index in [1.807, 2.05) is 0 Å². The maximum atomic E-state index is 13.6. The lowest BCUT2D eigenvalue weighted by Crippen LogP contribution is -2.40.